The standard InChI is InChI=1S/C16H26N4O/c1-4-13-12(7-8-21-13)9-18-15-10(2)14(17-3)19-16(20-15)11-5-6-11/h11-13H,4-9H2,1-3H3,(H2,17,18,19,20). The minimum Gasteiger partial charge on any atom is -0.378 e. The van der Waals surface area contributed by atoms with Gasteiger partial charge in [0, 0.05) is 37.6 Å². The third kappa shape index (κ3) is 3.12. The number of nitrogens with one attached hydrogen (secondary N) is 2. The van der Waals surface area contributed by atoms with Gasteiger partial charge < -0.3 is 15.4 Å². The molecule has 0 aromatic carbocycles. The Bertz CT molecular complexity index is 501. The van der Waals surface area contributed by atoms with Crippen molar-refractivity contribution in [1.29, 1.82) is 0 Å². The molecule has 21 heavy (non-hydrogen) atoms. The summed E-state index contributed by atoms with van der Waals surface area (Å²) in [6.45, 7) is 6.10. The zero-order valence-electron chi connectivity index (χ0n) is 13.3. The van der Waals surface area contributed by atoms with Gasteiger partial charge in [-0.25, -0.2) is 9.97 Å². The van der Waals surface area contributed by atoms with Gasteiger partial charge in [0.25, 0.3) is 0 Å². The normalized spacial score (nSPS) is 25.1. The molecule has 5 nitrogen and oxygen atoms in total. The minimum atomic E-state index is 0.395. The van der Waals surface area contributed by atoms with Crippen LogP contribution in [0.2, 0.25) is 0 Å². The minimum absolute atomic E-state index is 0.395. The fourth-order valence-electron chi connectivity index (χ4n) is 3.08. The van der Waals surface area contributed by atoms with Crippen LogP contribution in [0, 0.1) is 12.8 Å². The van der Waals surface area contributed by atoms with Gasteiger partial charge in [-0.1, -0.05) is 6.92 Å². The molecule has 2 fully saturated rings. The highest BCUT2D eigenvalue weighted by atomic mass is 16.5. The number of hydrogen-bond acceptors (Lipinski definition) is 5. The van der Waals surface area contributed by atoms with Crippen molar-refractivity contribution in [3.05, 3.63) is 11.4 Å². The first-order valence-corrected chi connectivity index (χ1v) is 8.14. The Morgan fingerprint density at radius 2 is 1.95 bits per heavy atom. The summed E-state index contributed by atoms with van der Waals surface area (Å²) in [6, 6.07) is 0. The number of hydrogen-bond donors (Lipinski definition) is 2. The lowest BCUT2D eigenvalue weighted by atomic mass is 10.00. The van der Waals surface area contributed by atoms with Crippen molar-refractivity contribution in [2.24, 2.45) is 5.92 Å². The maximum atomic E-state index is 5.77. The Kier molecular flexibility index (Phi) is 4.29. The second kappa shape index (κ2) is 6.18. The molecule has 2 heterocycles. The van der Waals surface area contributed by atoms with E-state index in [4.69, 9.17) is 9.72 Å². The SMILES string of the molecule is CCC1OCCC1CNc1nc(C2CC2)nc(NC)c1C. The van der Waals surface area contributed by atoms with Gasteiger partial charge in [-0.2, -0.15) is 0 Å². The first-order valence-electron chi connectivity index (χ1n) is 8.14. The van der Waals surface area contributed by atoms with Gasteiger partial charge in [0.1, 0.15) is 17.5 Å². The summed E-state index contributed by atoms with van der Waals surface area (Å²) >= 11 is 0. The van der Waals surface area contributed by atoms with Gasteiger partial charge in [-0.15, -0.1) is 0 Å². The molecule has 116 valence electrons. The van der Waals surface area contributed by atoms with Crippen LogP contribution in [0.5, 0.6) is 0 Å². The summed E-state index contributed by atoms with van der Waals surface area (Å²) in [7, 11) is 1.92. The lowest BCUT2D eigenvalue weighted by molar-refractivity contribution is 0.0900. The second-order valence-corrected chi connectivity index (χ2v) is 6.18. The van der Waals surface area contributed by atoms with Crippen LogP contribution in [0.1, 0.15) is 49.9 Å². The van der Waals surface area contributed by atoms with Crippen LogP contribution in [0.15, 0.2) is 0 Å². The number of aromatic nitrogens is 2. The summed E-state index contributed by atoms with van der Waals surface area (Å²) < 4.78 is 5.77. The van der Waals surface area contributed by atoms with Crippen molar-refractivity contribution in [2.45, 2.75) is 51.6 Å². The Hall–Kier alpha value is -1.36. The molecule has 2 unspecified atom stereocenters. The molecule has 0 spiro atoms. The second-order valence-electron chi connectivity index (χ2n) is 6.18. The van der Waals surface area contributed by atoms with Crippen LogP contribution in [0.4, 0.5) is 11.6 Å². The van der Waals surface area contributed by atoms with Crippen LogP contribution >= 0.6 is 0 Å². The van der Waals surface area contributed by atoms with Gasteiger partial charge in [-0.05, 0) is 32.6 Å². The van der Waals surface area contributed by atoms with Crippen molar-refractivity contribution in [3.8, 4) is 0 Å². The monoisotopic (exact) mass is 290 g/mol. The molecule has 0 radical (unpaired) electrons. The van der Waals surface area contributed by atoms with Crippen molar-refractivity contribution < 1.29 is 4.74 Å². The van der Waals surface area contributed by atoms with E-state index in [0.29, 0.717) is 17.9 Å². The lowest BCUT2D eigenvalue weighted by Crippen LogP contribution is -2.23. The lowest BCUT2D eigenvalue weighted by Gasteiger charge is -2.19. The fraction of sp³-hybridized carbons (Fsp3) is 0.750. The van der Waals surface area contributed by atoms with Gasteiger partial charge in [-0.3, -0.25) is 0 Å². The van der Waals surface area contributed by atoms with E-state index in [9.17, 15) is 0 Å². The van der Waals surface area contributed by atoms with Crippen LogP contribution < -0.4 is 10.6 Å². The van der Waals surface area contributed by atoms with Crippen LogP contribution in [-0.2, 0) is 4.74 Å². The summed E-state index contributed by atoms with van der Waals surface area (Å²) in [5.74, 6) is 4.08. The highest BCUT2D eigenvalue weighted by Crippen LogP contribution is 2.39. The molecular weight excluding hydrogens is 264 g/mol. The van der Waals surface area contributed by atoms with Crippen molar-refractivity contribution in [2.75, 3.05) is 30.8 Å². The maximum Gasteiger partial charge on any atom is 0.136 e. The Morgan fingerprint density at radius 1 is 1.19 bits per heavy atom. The van der Waals surface area contributed by atoms with Gasteiger partial charge >= 0.3 is 0 Å². The molecule has 3 rings (SSSR count). The fourth-order valence-corrected chi connectivity index (χ4v) is 3.08. The quantitative estimate of drug-likeness (QED) is 0.843. The van der Waals surface area contributed by atoms with E-state index in [0.717, 1.165) is 49.0 Å². The molecule has 2 atom stereocenters. The number of anilines is 2. The van der Waals surface area contributed by atoms with E-state index in [2.05, 4.69) is 29.5 Å². The number of rotatable bonds is 6. The third-order valence-corrected chi connectivity index (χ3v) is 4.62. The van der Waals surface area contributed by atoms with Gasteiger partial charge in [0.05, 0.1) is 6.10 Å². The average Bonchev–Trinajstić information content (AvgIpc) is 3.25. The van der Waals surface area contributed by atoms with Gasteiger partial charge in [0.2, 0.25) is 0 Å². The zero-order valence-corrected chi connectivity index (χ0v) is 13.3. The molecule has 0 bridgehead atoms. The molecule has 0 amide bonds. The van der Waals surface area contributed by atoms with E-state index >= 15 is 0 Å². The Morgan fingerprint density at radius 3 is 2.62 bits per heavy atom. The van der Waals surface area contributed by atoms with E-state index in [1.165, 1.54) is 12.8 Å². The largest absolute Gasteiger partial charge is 0.378 e. The smallest absolute Gasteiger partial charge is 0.136 e. The molecule has 2 N–H and O–H groups in total. The van der Waals surface area contributed by atoms with E-state index in [1.54, 1.807) is 0 Å². The van der Waals surface area contributed by atoms with E-state index in [1.807, 2.05) is 7.05 Å². The molecule has 1 saturated heterocycles. The molecule has 1 aromatic heterocycles. The average molecular weight is 290 g/mol. The predicted molar refractivity (Wildman–Crippen MR) is 84.9 cm³/mol. The zero-order chi connectivity index (χ0) is 14.8. The Balaban J connectivity index is 1.73. The predicted octanol–water partition coefficient (Wildman–Crippen LogP) is 2.93. The summed E-state index contributed by atoms with van der Waals surface area (Å²) in [5, 5.41) is 6.74. The van der Waals surface area contributed by atoms with Crippen LogP contribution in [-0.4, -0.2) is 36.3 Å². The highest BCUT2D eigenvalue weighted by molar-refractivity contribution is 5.57. The summed E-state index contributed by atoms with van der Waals surface area (Å²) in [6.07, 6.45) is 5.07. The topological polar surface area (TPSA) is 59.1 Å². The van der Waals surface area contributed by atoms with Crippen molar-refractivity contribution in [3.63, 3.8) is 0 Å². The van der Waals surface area contributed by atoms with Crippen LogP contribution in [0.3, 0.4) is 0 Å². The van der Waals surface area contributed by atoms with E-state index in [-0.39, 0.29) is 0 Å². The molecule has 1 aliphatic carbocycles. The van der Waals surface area contributed by atoms with Gasteiger partial charge in [0.15, 0.2) is 0 Å². The molecule has 1 saturated carbocycles. The summed E-state index contributed by atoms with van der Waals surface area (Å²) in [4.78, 5) is 9.39. The molecule has 5 heteroatoms. The van der Waals surface area contributed by atoms with E-state index < -0.39 is 0 Å². The maximum absolute atomic E-state index is 5.77. The van der Waals surface area contributed by atoms with Crippen LogP contribution in [0.25, 0.3) is 0 Å². The number of ether oxygens (including phenoxy) is 1. The first-order chi connectivity index (χ1) is 10.2. The molecule has 1 aliphatic heterocycles. The summed E-state index contributed by atoms with van der Waals surface area (Å²) in [5.41, 5.74) is 1.11. The Labute approximate surface area is 126 Å². The molecule has 1 aromatic rings. The third-order valence-electron chi connectivity index (χ3n) is 4.62. The first kappa shape index (κ1) is 14.6. The van der Waals surface area contributed by atoms with Crippen molar-refractivity contribution in [1.82, 2.24) is 9.97 Å². The molecule has 2 aliphatic rings. The van der Waals surface area contributed by atoms with Crippen molar-refractivity contribution >= 4 is 11.6 Å². The highest BCUT2D eigenvalue weighted by Gasteiger charge is 2.29. The molecular formula is C16H26N4O. The number of nitrogens with zero attached hydrogens (tertiary/aromatic N) is 2.